The van der Waals surface area contributed by atoms with Gasteiger partial charge in [-0.05, 0) is 0 Å². The molecule has 0 bridgehead atoms. The molecule has 0 radical (unpaired) electrons. The Morgan fingerprint density at radius 3 is 1.73 bits per heavy atom. The Bertz CT molecular complexity index is 142. The smallest absolute Gasteiger partial charge is 1.00 e. The van der Waals surface area contributed by atoms with Gasteiger partial charge in [0.25, 0.3) is 0 Å². The molecule has 0 amide bonds. The third-order valence-electron chi connectivity index (χ3n) is 1.13. The molecule has 0 aromatic heterocycles. The molecule has 0 atom stereocenters. The van der Waals surface area contributed by atoms with Crippen molar-refractivity contribution in [3.05, 3.63) is 22.0 Å². The summed E-state index contributed by atoms with van der Waals surface area (Å²) in [5.41, 5.74) is 1.42. The van der Waals surface area contributed by atoms with E-state index in [1.54, 1.807) is 0 Å². The Hall–Kier alpha value is 1.22. The van der Waals surface area contributed by atoms with Gasteiger partial charge in [-0.2, -0.15) is 0 Å². The summed E-state index contributed by atoms with van der Waals surface area (Å²) < 4.78 is 1.45. The van der Waals surface area contributed by atoms with Gasteiger partial charge in [0.15, 0.2) is 0 Å². The maximum Gasteiger partial charge on any atom is -1.00 e. The molecule has 0 N–H and O–H groups in total. The van der Waals surface area contributed by atoms with Gasteiger partial charge < -0.3 is 49.6 Å². The van der Waals surface area contributed by atoms with Crippen LogP contribution in [0.15, 0.2) is 22.0 Å². The third kappa shape index (κ3) is 7.58. The van der Waals surface area contributed by atoms with Gasteiger partial charge >= 0.3 is 52.8 Å². The Kier molecular flexibility index (Phi) is 23.2. The van der Waals surface area contributed by atoms with Crippen molar-refractivity contribution in [2.24, 2.45) is 0 Å². The van der Waals surface area contributed by atoms with Crippen molar-refractivity contribution in [2.75, 3.05) is 0 Å². The Morgan fingerprint density at radius 1 is 1.18 bits per heavy atom. The molecule has 0 aromatic rings. The second-order valence-electron chi connectivity index (χ2n) is 1.74. The van der Waals surface area contributed by atoms with Crippen LogP contribution in [-0.4, -0.2) is 0 Å². The van der Waals surface area contributed by atoms with Crippen molar-refractivity contribution in [1.29, 1.82) is 0 Å². The molecule has 0 unspecified atom stereocenters. The van der Waals surface area contributed by atoms with Gasteiger partial charge in [-0.15, -0.1) is 0 Å². The fourth-order valence-corrected chi connectivity index (χ4v) is 0.886. The molecule has 0 fully saturated rings. The van der Waals surface area contributed by atoms with E-state index < -0.39 is 0 Å². The summed E-state index contributed by atoms with van der Waals surface area (Å²) in [6.45, 7) is 2.14. The van der Waals surface area contributed by atoms with Gasteiger partial charge in [0.2, 0.25) is 0 Å². The molecular formula is C6H7Cl4V. The van der Waals surface area contributed by atoms with E-state index in [1.165, 1.54) is 9.86 Å². The van der Waals surface area contributed by atoms with Crippen LogP contribution in [0.1, 0.15) is 13.3 Å². The van der Waals surface area contributed by atoms with E-state index in [-0.39, 0.29) is 49.6 Å². The number of hydrogen-bond donors (Lipinski definition) is 0. The molecule has 64 valence electrons. The first kappa shape index (κ1) is 22.8. The van der Waals surface area contributed by atoms with Crippen molar-refractivity contribution in [3.63, 3.8) is 0 Å². The van der Waals surface area contributed by atoms with Crippen LogP contribution in [0.5, 0.6) is 0 Å². The van der Waals surface area contributed by atoms with Crippen LogP contribution in [0, 0.1) is 0 Å². The van der Waals surface area contributed by atoms with Gasteiger partial charge in [-0.25, -0.2) is 0 Å². The monoisotopic (exact) mass is 270 g/mol. The maximum absolute atomic E-state index is 2.59. The minimum absolute atomic E-state index is 0. The first-order valence-electron chi connectivity index (χ1n) is 2.36. The molecule has 1 aliphatic carbocycles. The van der Waals surface area contributed by atoms with E-state index >= 15 is 0 Å². The van der Waals surface area contributed by atoms with Gasteiger partial charge in [0, 0.05) is 0 Å². The largest absolute Gasteiger partial charge is 1.00 e. The second kappa shape index (κ2) is 11.2. The van der Waals surface area contributed by atoms with Gasteiger partial charge in [-0.1, -0.05) is 0 Å². The number of allylic oxidation sites excluding steroid dienone is 4. The average Bonchev–Trinajstić information content (AvgIpc) is 1.91. The normalized spacial score (nSPS) is 12.3. The maximum atomic E-state index is 2.59. The van der Waals surface area contributed by atoms with Crippen molar-refractivity contribution < 1.29 is 67.1 Å². The summed E-state index contributed by atoms with van der Waals surface area (Å²) in [5.74, 6) is 0. The molecule has 1 rings (SSSR count). The molecular weight excluding hydrogens is 265 g/mol. The average molecular weight is 272 g/mol. The molecule has 0 aliphatic heterocycles. The zero-order chi connectivity index (χ0) is 5.28. The SMILES string of the molecule is CC1=[C]([V+4])CC=C1.[Cl-].[Cl-].[Cl-].[Cl-]. The number of rotatable bonds is 0. The van der Waals surface area contributed by atoms with E-state index in [1.807, 2.05) is 0 Å². The molecule has 11 heavy (non-hydrogen) atoms. The predicted octanol–water partition coefficient (Wildman–Crippen LogP) is -10.2. The summed E-state index contributed by atoms with van der Waals surface area (Å²) >= 11 is 2.59. The van der Waals surface area contributed by atoms with Crippen molar-refractivity contribution >= 4 is 0 Å². The summed E-state index contributed by atoms with van der Waals surface area (Å²) in [5, 5.41) is 0. The second-order valence-corrected chi connectivity index (χ2v) is 2.58. The molecule has 0 aromatic carbocycles. The third-order valence-corrected chi connectivity index (χ3v) is 1.97. The van der Waals surface area contributed by atoms with Crippen LogP contribution in [0.25, 0.3) is 0 Å². The molecule has 0 saturated carbocycles. The van der Waals surface area contributed by atoms with Crippen molar-refractivity contribution in [1.82, 2.24) is 0 Å². The topological polar surface area (TPSA) is 0 Å². The Balaban J connectivity index is -0.0000000612. The van der Waals surface area contributed by atoms with E-state index in [2.05, 4.69) is 36.5 Å². The first-order chi connectivity index (χ1) is 3.30. The zero-order valence-electron chi connectivity index (χ0n) is 5.82. The first-order valence-corrected chi connectivity index (χ1v) is 3.06. The van der Waals surface area contributed by atoms with Gasteiger partial charge in [-0.3, -0.25) is 0 Å². The summed E-state index contributed by atoms with van der Waals surface area (Å²) in [4.78, 5) is 0. The van der Waals surface area contributed by atoms with Crippen LogP contribution in [0.4, 0.5) is 0 Å². The predicted molar refractivity (Wildman–Crippen MR) is 26.5 cm³/mol. The van der Waals surface area contributed by atoms with Gasteiger partial charge in [0.05, 0.1) is 0 Å². The molecule has 1 aliphatic rings. The number of hydrogen-bond acceptors (Lipinski definition) is 0. The zero-order valence-corrected chi connectivity index (χ0v) is 10.2. The minimum Gasteiger partial charge on any atom is -1.00 e. The molecule has 0 nitrogen and oxygen atoms in total. The summed E-state index contributed by atoms with van der Waals surface area (Å²) in [6.07, 6.45) is 5.49. The van der Waals surface area contributed by atoms with Crippen LogP contribution in [0.2, 0.25) is 0 Å². The van der Waals surface area contributed by atoms with E-state index in [4.69, 9.17) is 0 Å². The van der Waals surface area contributed by atoms with Crippen LogP contribution in [0.3, 0.4) is 0 Å². The molecule has 0 heterocycles. The van der Waals surface area contributed by atoms with Crippen LogP contribution >= 0.6 is 0 Å². The van der Waals surface area contributed by atoms with Gasteiger partial charge in [0.1, 0.15) is 0 Å². The molecule has 0 spiro atoms. The van der Waals surface area contributed by atoms with E-state index in [0.717, 1.165) is 6.42 Å². The van der Waals surface area contributed by atoms with Crippen molar-refractivity contribution in [2.45, 2.75) is 13.3 Å². The van der Waals surface area contributed by atoms with Crippen LogP contribution in [-0.2, 0) is 17.4 Å². The van der Waals surface area contributed by atoms with E-state index in [9.17, 15) is 0 Å². The standard InChI is InChI=1S/C6H7.4ClH.V/c1-6-4-2-3-5-6;;;;;/h2,4H,3H2,1H3;4*1H;/q;;;;;+4/p-4. The van der Waals surface area contributed by atoms with Crippen molar-refractivity contribution in [3.8, 4) is 0 Å². The summed E-state index contributed by atoms with van der Waals surface area (Å²) in [7, 11) is 0. The Labute approximate surface area is 102 Å². The molecule has 0 saturated heterocycles. The molecule has 5 heteroatoms. The fourth-order valence-electron chi connectivity index (χ4n) is 0.605. The van der Waals surface area contributed by atoms with Crippen LogP contribution < -0.4 is 49.6 Å². The Morgan fingerprint density at radius 2 is 1.64 bits per heavy atom. The van der Waals surface area contributed by atoms with E-state index in [0.29, 0.717) is 0 Å². The summed E-state index contributed by atoms with van der Waals surface area (Å²) in [6, 6.07) is 0. The fraction of sp³-hybridized carbons (Fsp3) is 0.333. The number of halogens is 4. The minimum atomic E-state index is 0. The quantitative estimate of drug-likeness (QED) is 0.411.